The van der Waals surface area contributed by atoms with Crippen LogP contribution in [0, 0.1) is 17.8 Å². The molecule has 2 aromatic rings. The number of halogens is 1. The van der Waals surface area contributed by atoms with Gasteiger partial charge in [-0.2, -0.15) is 0 Å². The number of nitrogens with one attached hydrogen (secondary N) is 1. The summed E-state index contributed by atoms with van der Waals surface area (Å²) in [6.45, 7) is 10.1. The van der Waals surface area contributed by atoms with Gasteiger partial charge in [-0.3, -0.25) is 4.79 Å². The lowest BCUT2D eigenvalue weighted by Gasteiger charge is -2.50. The summed E-state index contributed by atoms with van der Waals surface area (Å²) in [5.41, 5.74) is 2.34. The van der Waals surface area contributed by atoms with Crippen LogP contribution in [-0.4, -0.2) is 70.0 Å². The van der Waals surface area contributed by atoms with Gasteiger partial charge in [-0.25, -0.2) is 18.1 Å². The third-order valence-corrected chi connectivity index (χ3v) is 14.2. The second kappa shape index (κ2) is 13.2. The molecular weight excluding hydrogens is 674 g/mol. The van der Waals surface area contributed by atoms with E-state index in [-0.39, 0.29) is 34.3 Å². The number of fused-ring (bicyclic) bond motifs is 4. The molecule has 7 rings (SSSR count). The first-order valence-electron chi connectivity index (χ1n) is 18.0. The van der Waals surface area contributed by atoms with Crippen LogP contribution in [0.2, 0.25) is 5.02 Å². The number of carbonyl (C=O) groups is 1. The first-order valence-corrected chi connectivity index (χ1v) is 20.0. The van der Waals surface area contributed by atoms with Crippen molar-refractivity contribution in [1.82, 2.24) is 4.72 Å². The standard InChI is InChI=1S/C39H50ClN3O6S/c1-25-8-6-17-39(47-5,20-35-41-37(3,4)23-49-35)32-13-10-29(32)21-43-22-38(16-7-9-27-18-30(40)12-14-31(27)38)24-48-34-15-11-28(19-33(34)43)36(44)42-50(45,46)26(25)2/h6,11-12,14-15,17-19,25-26,29,32H,7-10,13,16,20-24H2,1-5H3,(H,42,44)/b17-6+/t25-,26+,29-,32+,38-,39-/m0/s1. The predicted octanol–water partition coefficient (Wildman–Crippen LogP) is 6.87. The molecule has 6 atom stereocenters. The van der Waals surface area contributed by atoms with E-state index in [2.05, 4.69) is 47.8 Å². The molecule has 3 heterocycles. The average molecular weight is 724 g/mol. The molecule has 2 aromatic carbocycles. The van der Waals surface area contributed by atoms with E-state index in [1.54, 1.807) is 20.1 Å². The Balaban J connectivity index is 1.33. The zero-order valence-electron chi connectivity index (χ0n) is 29.8. The lowest BCUT2D eigenvalue weighted by atomic mass is 9.63. The summed E-state index contributed by atoms with van der Waals surface area (Å²) in [5, 5.41) is -0.0698. The number of carbonyl (C=O) groups excluding carboxylic acids is 1. The van der Waals surface area contributed by atoms with Crippen molar-refractivity contribution in [1.29, 1.82) is 0 Å². The van der Waals surface area contributed by atoms with Crippen molar-refractivity contribution in [2.75, 3.05) is 38.3 Å². The molecule has 1 saturated carbocycles. The Morgan fingerprint density at radius 1 is 1.10 bits per heavy atom. The molecule has 2 aliphatic carbocycles. The van der Waals surface area contributed by atoms with Gasteiger partial charge < -0.3 is 19.1 Å². The topological polar surface area (TPSA) is 107 Å². The molecule has 1 fully saturated rings. The van der Waals surface area contributed by atoms with Crippen molar-refractivity contribution < 1.29 is 27.4 Å². The van der Waals surface area contributed by atoms with Gasteiger partial charge in [0.25, 0.3) is 5.91 Å². The molecule has 5 aliphatic rings. The van der Waals surface area contributed by atoms with Crippen LogP contribution in [0.3, 0.4) is 0 Å². The number of benzene rings is 2. The number of allylic oxidation sites excluding steroid dienone is 1. The second-order valence-electron chi connectivity index (χ2n) is 16.0. The van der Waals surface area contributed by atoms with Crippen LogP contribution in [0.4, 0.5) is 5.69 Å². The Morgan fingerprint density at radius 2 is 1.92 bits per heavy atom. The fraction of sp³-hybridized carbons (Fsp3) is 0.590. The molecule has 0 saturated heterocycles. The molecular formula is C39H50ClN3O6S. The zero-order valence-corrected chi connectivity index (χ0v) is 31.4. The van der Waals surface area contributed by atoms with E-state index in [0.29, 0.717) is 44.2 Å². The van der Waals surface area contributed by atoms with Crippen LogP contribution < -0.4 is 14.4 Å². The number of hydrogen-bond acceptors (Lipinski definition) is 8. The zero-order chi connectivity index (χ0) is 35.5. The highest BCUT2D eigenvalue weighted by Gasteiger charge is 2.50. The van der Waals surface area contributed by atoms with Crippen LogP contribution in [0.15, 0.2) is 53.5 Å². The third-order valence-electron chi connectivity index (χ3n) is 12.1. The summed E-state index contributed by atoms with van der Waals surface area (Å²) in [6.07, 6.45) is 10.2. The van der Waals surface area contributed by atoms with Crippen molar-refractivity contribution in [3.05, 3.63) is 70.3 Å². The van der Waals surface area contributed by atoms with Crippen molar-refractivity contribution in [3.8, 4) is 5.75 Å². The van der Waals surface area contributed by atoms with Gasteiger partial charge in [0.15, 0.2) is 5.90 Å². The molecule has 3 aliphatic heterocycles. The number of rotatable bonds is 3. The van der Waals surface area contributed by atoms with Gasteiger partial charge >= 0.3 is 0 Å². The van der Waals surface area contributed by atoms with Crippen molar-refractivity contribution in [2.45, 2.75) is 94.4 Å². The summed E-state index contributed by atoms with van der Waals surface area (Å²) in [4.78, 5) is 20.9. The Labute approximate surface area is 301 Å². The largest absolute Gasteiger partial charge is 0.490 e. The van der Waals surface area contributed by atoms with Gasteiger partial charge in [-0.1, -0.05) is 36.7 Å². The quantitative estimate of drug-likeness (QED) is 0.345. The molecule has 0 radical (unpaired) electrons. The van der Waals surface area contributed by atoms with E-state index in [4.69, 9.17) is 30.8 Å². The van der Waals surface area contributed by atoms with Gasteiger partial charge in [-0.05, 0) is 119 Å². The first kappa shape index (κ1) is 35.3. The van der Waals surface area contributed by atoms with Gasteiger partial charge in [0.1, 0.15) is 12.4 Å². The minimum absolute atomic E-state index is 0.163. The Kier molecular flexibility index (Phi) is 9.30. The molecule has 1 N–H and O–H groups in total. The van der Waals surface area contributed by atoms with Gasteiger partial charge in [0, 0.05) is 36.2 Å². The molecule has 0 aromatic heterocycles. The van der Waals surface area contributed by atoms with Crippen LogP contribution >= 0.6 is 11.6 Å². The first-order chi connectivity index (χ1) is 23.7. The molecule has 1 spiro atoms. The summed E-state index contributed by atoms with van der Waals surface area (Å²) >= 11 is 6.48. The van der Waals surface area contributed by atoms with Crippen LogP contribution in [0.25, 0.3) is 0 Å². The average Bonchev–Trinajstić information content (AvgIpc) is 3.32. The van der Waals surface area contributed by atoms with Crippen LogP contribution in [0.1, 0.15) is 87.7 Å². The predicted molar refractivity (Wildman–Crippen MR) is 197 cm³/mol. The van der Waals surface area contributed by atoms with Crippen molar-refractivity contribution in [2.24, 2.45) is 22.7 Å². The SMILES string of the molecule is CO[C@]1(CC2=NC(C)(C)CO2)/C=C/C[C@H](C)[C@@H](C)S(=O)(=O)NC(=O)c2ccc3c(c2)N(C[C@@H]2CC[C@H]21)C[C@@]1(CCCc2cc(Cl)ccc21)CO3. The number of methoxy groups -OCH3 is 1. The summed E-state index contributed by atoms with van der Waals surface area (Å²) in [5.74, 6) is 0.934. The van der Waals surface area contributed by atoms with Gasteiger partial charge in [-0.15, -0.1) is 0 Å². The van der Waals surface area contributed by atoms with Crippen LogP contribution in [0.5, 0.6) is 5.75 Å². The monoisotopic (exact) mass is 723 g/mol. The minimum atomic E-state index is -3.97. The molecule has 50 heavy (non-hydrogen) atoms. The van der Waals surface area contributed by atoms with Gasteiger partial charge in [0.2, 0.25) is 10.0 Å². The van der Waals surface area contributed by atoms with Crippen molar-refractivity contribution >= 4 is 39.1 Å². The normalized spacial score (nSPS) is 33.8. The minimum Gasteiger partial charge on any atom is -0.490 e. The van der Waals surface area contributed by atoms with Gasteiger partial charge in [0.05, 0.1) is 35.1 Å². The fourth-order valence-electron chi connectivity index (χ4n) is 8.82. The Hall–Kier alpha value is -3.08. The van der Waals surface area contributed by atoms with E-state index in [1.807, 2.05) is 25.1 Å². The molecule has 9 nitrogen and oxygen atoms in total. The lowest BCUT2D eigenvalue weighted by Crippen LogP contribution is -2.53. The maximum atomic E-state index is 13.6. The molecule has 11 heteroatoms. The smallest absolute Gasteiger partial charge is 0.264 e. The van der Waals surface area contributed by atoms with Crippen molar-refractivity contribution in [3.63, 3.8) is 0 Å². The maximum absolute atomic E-state index is 13.6. The molecule has 0 unspecified atom stereocenters. The number of nitrogens with zero attached hydrogens (tertiary/aromatic N) is 2. The summed E-state index contributed by atoms with van der Waals surface area (Å²) in [7, 11) is -2.20. The Bertz CT molecular complexity index is 1830. The maximum Gasteiger partial charge on any atom is 0.264 e. The molecule has 2 bridgehead atoms. The summed E-state index contributed by atoms with van der Waals surface area (Å²) < 4.78 is 48.8. The highest BCUT2D eigenvalue weighted by atomic mass is 35.5. The molecule has 1 amide bonds. The Morgan fingerprint density at radius 3 is 2.64 bits per heavy atom. The van der Waals surface area contributed by atoms with E-state index >= 15 is 0 Å². The molecule has 270 valence electrons. The van der Waals surface area contributed by atoms with E-state index in [0.717, 1.165) is 49.4 Å². The van der Waals surface area contributed by atoms with E-state index in [9.17, 15) is 13.2 Å². The highest BCUT2D eigenvalue weighted by molar-refractivity contribution is 7.90. The highest BCUT2D eigenvalue weighted by Crippen LogP contribution is 2.50. The van der Waals surface area contributed by atoms with Crippen LogP contribution in [-0.2, 0) is 31.3 Å². The third kappa shape index (κ3) is 6.56. The lowest BCUT2D eigenvalue weighted by molar-refractivity contribution is -0.0722. The number of aliphatic imine (C=N–C) groups is 1. The van der Waals surface area contributed by atoms with E-state index < -0.39 is 26.8 Å². The van der Waals surface area contributed by atoms with E-state index in [1.165, 1.54) is 11.1 Å². The number of ether oxygens (including phenoxy) is 3. The number of amides is 1. The number of aryl methyl sites for hydroxylation is 1. The summed E-state index contributed by atoms with van der Waals surface area (Å²) in [6, 6.07) is 11.5. The number of anilines is 1. The number of sulfonamides is 1. The second-order valence-corrected chi connectivity index (χ2v) is 18.4. The number of hydrogen-bond donors (Lipinski definition) is 1. The fourth-order valence-corrected chi connectivity index (χ4v) is 10.3.